The Morgan fingerprint density at radius 2 is 1.86 bits per heavy atom. The molecule has 0 N–H and O–H groups in total. The van der Waals surface area contributed by atoms with E-state index in [-0.39, 0.29) is 5.56 Å². The summed E-state index contributed by atoms with van der Waals surface area (Å²) in [6, 6.07) is 3.59. The van der Waals surface area contributed by atoms with E-state index in [1.165, 1.54) is 36.2 Å². The van der Waals surface area contributed by atoms with Crippen LogP contribution in [0.25, 0.3) is 0 Å². The molecule has 0 spiro atoms. The van der Waals surface area contributed by atoms with Crippen molar-refractivity contribution in [1.82, 2.24) is 14.4 Å². The number of likely N-dealkylation sites (N-methyl/N-ethyl adjacent to an activating group) is 1. The second-order valence-electron chi connectivity index (χ2n) is 6.97. The number of benzene rings is 1. The molecule has 0 radical (unpaired) electrons. The largest absolute Gasteiger partial charge is 0.401 e. The molecule has 1 aromatic carbocycles. The van der Waals surface area contributed by atoms with Crippen molar-refractivity contribution in [1.29, 1.82) is 0 Å². The second kappa shape index (κ2) is 6.08. The maximum absolute atomic E-state index is 13.2. The van der Waals surface area contributed by atoms with Gasteiger partial charge in [-0.1, -0.05) is 4.99 Å². The number of hydrogen-bond donors (Lipinski definition) is 0. The summed E-state index contributed by atoms with van der Waals surface area (Å²) >= 11 is 0. The lowest BCUT2D eigenvalue weighted by Gasteiger charge is -2.33. The van der Waals surface area contributed by atoms with Crippen molar-refractivity contribution in [3.05, 3.63) is 47.0 Å². The number of amidine groups is 1. The van der Waals surface area contributed by atoms with Gasteiger partial charge in [0, 0.05) is 12.6 Å². The lowest BCUT2D eigenvalue weighted by Crippen LogP contribution is -2.58. The molecule has 2 aliphatic heterocycles. The van der Waals surface area contributed by atoms with Crippen LogP contribution in [0.5, 0.6) is 0 Å². The maximum atomic E-state index is 13.2. The highest BCUT2D eigenvalue weighted by atomic mass is 19.1. The molecule has 144 valence electrons. The molecule has 28 heavy (non-hydrogen) atoms. The third-order valence-electron chi connectivity index (χ3n) is 5.45. The molecule has 0 saturated carbocycles. The van der Waals surface area contributed by atoms with Crippen LogP contribution in [0.3, 0.4) is 0 Å². The number of fused-ring (bicyclic) bond motifs is 3. The molecule has 9 heteroatoms. The van der Waals surface area contributed by atoms with Gasteiger partial charge in [0.25, 0.3) is 5.91 Å². The Morgan fingerprint density at radius 3 is 2.50 bits per heavy atom. The minimum atomic E-state index is -0.793. The number of ketones is 1. The number of halogens is 1. The second-order valence-corrected chi connectivity index (χ2v) is 6.97. The number of hydrogen-bond acceptors (Lipinski definition) is 4. The minimum absolute atomic E-state index is 0.232. The summed E-state index contributed by atoms with van der Waals surface area (Å²) in [4.78, 5) is 45.2. The van der Waals surface area contributed by atoms with E-state index in [1.54, 1.807) is 4.57 Å². The smallest absolute Gasteiger partial charge is 0.292 e. The highest BCUT2D eigenvalue weighted by molar-refractivity contribution is 6.21. The van der Waals surface area contributed by atoms with Crippen molar-refractivity contribution in [2.45, 2.75) is 19.9 Å². The summed E-state index contributed by atoms with van der Waals surface area (Å²) in [5.41, 5.74) is 2.05. The topological polar surface area (TPSA) is 78.9 Å². The van der Waals surface area contributed by atoms with Gasteiger partial charge in [-0.25, -0.2) is 18.3 Å². The van der Waals surface area contributed by atoms with Gasteiger partial charge < -0.3 is 0 Å². The zero-order valence-electron chi connectivity index (χ0n) is 15.9. The highest BCUT2D eigenvalue weighted by Gasteiger charge is 2.54. The first-order valence-electron chi connectivity index (χ1n) is 8.76. The van der Waals surface area contributed by atoms with Crippen LogP contribution in [-0.2, 0) is 11.8 Å². The van der Waals surface area contributed by atoms with E-state index in [9.17, 15) is 18.8 Å². The summed E-state index contributed by atoms with van der Waals surface area (Å²) in [6.07, 6.45) is 0. The molecule has 1 atom stereocenters. The van der Waals surface area contributed by atoms with Crippen LogP contribution in [0, 0.1) is 19.7 Å². The number of imide groups is 1. The third kappa shape index (κ3) is 2.39. The van der Waals surface area contributed by atoms with Crippen molar-refractivity contribution < 1.29 is 23.3 Å². The molecule has 3 amide bonds. The molecular weight excluding hydrogens is 365 g/mol. The fraction of sp³-hybridized carbons (Fsp3) is 0.316. The van der Waals surface area contributed by atoms with Gasteiger partial charge in [-0.05, 0) is 38.1 Å². The highest BCUT2D eigenvalue weighted by Crippen LogP contribution is 2.34. The number of urea groups is 1. The number of amides is 3. The Hall–Kier alpha value is -3.36. The zero-order valence-corrected chi connectivity index (χ0v) is 15.9. The van der Waals surface area contributed by atoms with Crippen LogP contribution in [0.4, 0.5) is 15.1 Å². The number of nitrogens with zero attached hydrogens (tertiary/aromatic N) is 5. The van der Waals surface area contributed by atoms with Gasteiger partial charge in [-0.15, -0.1) is 0 Å². The quantitative estimate of drug-likeness (QED) is 0.593. The number of carbonyl (C=O) groups excluding carboxylic acids is 3. The summed E-state index contributed by atoms with van der Waals surface area (Å²) in [5, 5.41) is 0. The average molecular weight is 384 g/mol. The van der Waals surface area contributed by atoms with Crippen LogP contribution in [0.15, 0.2) is 29.3 Å². The molecule has 0 aliphatic carbocycles. The van der Waals surface area contributed by atoms with Crippen molar-refractivity contribution in [2.24, 2.45) is 12.0 Å². The van der Waals surface area contributed by atoms with Gasteiger partial charge in [0.15, 0.2) is 5.78 Å². The molecule has 8 nitrogen and oxygen atoms in total. The van der Waals surface area contributed by atoms with Gasteiger partial charge in [0.05, 0.1) is 13.6 Å². The summed E-state index contributed by atoms with van der Waals surface area (Å²) < 4.78 is 16.7. The van der Waals surface area contributed by atoms with Crippen molar-refractivity contribution in [3.8, 4) is 0 Å². The molecule has 2 aromatic rings. The zero-order chi connectivity index (χ0) is 20.3. The van der Waals surface area contributed by atoms with Gasteiger partial charge >= 0.3 is 12.0 Å². The van der Waals surface area contributed by atoms with Crippen LogP contribution in [0.1, 0.15) is 27.8 Å². The number of aromatic nitrogens is 2. The van der Waals surface area contributed by atoms with Gasteiger partial charge in [0.1, 0.15) is 17.2 Å². The Labute approximate surface area is 160 Å². The lowest BCUT2D eigenvalue weighted by molar-refractivity contribution is -0.663. The van der Waals surface area contributed by atoms with Gasteiger partial charge in [0.2, 0.25) is 11.9 Å². The van der Waals surface area contributed by atoms with Crippen LogP contribution in [0.2, 0.25) is 0 Å². The fourth-order valence-electron chi connectivity index (χ4n) is 3.61. The van der Waals surface area contributed by atoms with Crippen LogP contribution < -0.4 is 4.57 Å². The van der Waals surface area contributed by atoms with E-state index < -0.39 is 36.1 Å². The van der Waals surface area contributed by atoms with E-state index in [0.717, 1.165) is 16.3 Å². The number of Topliss-reactive ketones (excluding diaryl/α,β-unsaturated/α-hetero) is 1. The Morgan fingerprint density at radius 1 is 1.21 bits per heavy atom. The van der Waals surface area contributed by atoms with E-state index in [0.29, 0.717) is 11.8 Å². The fourth-order valence-corrected chi connectivity index (χ4v) is 3.61. The van der Waals surface area contributed by atoms with E-state index >= 15 is 0 Å². The SMILES string of the molecule is Cc1c(C)[n+](C)c2n1C1C(=O)N(CC(=O)c3ccc(F)cc3)C(=O)N(C)C1=N2. The van der Waals surface area contributed by atoms with Crippen LogP contribution in [-0.4, -0.2) is 51.5 Å². The first kappa shape index (κ1) is 18.0. The van der Waals surface area contributed by atoms with Gasteiger partial charge in [-0.3, -0.25) is 19.4 Å². The van der Waals surface area contributed by atoms with Crippen molar-refractivity contribution in [2.75, 3.05) is 13.6 Å². The molecule has 4 rings (SSSR count). The lowest BCUT2D eigenvalue weighted by atomic mass is 10.1. The number of carbonyl (C=O) groups is 3. The molecule has 2 aliphatic rings. The first-order chi connectivity index (χ1) is 13.2. The molecule has 1 saturated heterocycles. The average Bonchev–Trinajstić information content (AvgIpc) is 3.17. The molecule has 0 bridgehead atoms. The summed E-state index contributed by atoms with van der Waals surface area (Å²) in [5.74, 6) is -0.495. The molecule has 1 aromatic heterocycles. The standard InChI is InChI=1S/C19H19FN5O3/c1-10-11(2)25-15-16(21-18(25)22(10)3)23(4)19(28)24(17(15)27)9-14(26)12-5-7-13(20)8-6-12/h5-8,15H,9H2,1-4H3/q+1. The van der Waals surface area contributed by atoms with Crippen molar-refractivity contribution >= 4 is 29.5 Å². The predicted octanol–water partition coefficient (Wildman–Crippen LogP) is 1.43. The third-order valence-corrected chi connectivity index (χ3v) is 5.45. The maximum Gasteiger partial charge on any atom is 0.401 e. The molecule has 1 unspecified atom stereocenters. The van der Waals surface area contributed by atoms with E-state index in [1.807, 2.05) is 25.5 Å². The summed E-state index contributed by atoms with van der Waals surface area (Å²) in [6.45, 7) is 3.39. The van der Waals surface area contributed by atoms with Crippen LogP contribution >= 0.6 is 0 Å². The number of aliphatic imine (C=N–C) groups is 1. The monoisotopic (exact) mass is 384 g/mol. The number of imidazole rings is 1. The first-order valence-corrected chi connectivity index (χ1v) is 8.76. The van der Waals surface area contributed by atoms with Crippen molar-refractivity contribution in [3.63, 3.8) is 0 Å². The summed E-state index contributed by atoms with van der Waals surface area (Å²) in [7, 11) is 3.38. The van der Waals surface area contributed by atoms with E-state index in [4.69, 9.17) is 0 Å². The predicted molar refractivity (Wildman–Crippen MR) is 96.8 cm³/mol. The number of rotatable bonds is 3. The molecule has 1 fully saturated rings. The minimum Gasteiger partial charge on any atom is -0.292 e. The molecule has 3 heterocycles. The van der Waals surface area contributed by atoms with Gasteiger partial charge in [-0.2, -0.15) is 0 Å². The Balaban J connectivity index is 1.70. The van der Waals surface area contributed by atoms with E-state index in [2.05, 4.69) is 4.99 Å². The normalized spacial score (nSPS) is 18.3. The molecular formula is C19H19FN5O3+. The Kier molecular flexibility index (Phi) is 3.91. The Bertz CT molecular complexity index is 1070.